The van der Waals surface area contributed by atoms with E-state index in [-0.39, 0.29) is 11.3 Å². The second kappa shape index (κ2) is 6.11. The normalized spacial score (nSPS) is 11.7. The van der Waals surface area contributed by atoms with Crippen LogP contribution in [0.15, 0.2) is 12.1 Å². The summed E-state index contributed by atoms with van der Waals surface area (Å²) in [7, 11) is 1.31. The van der Waals surface area contributed by atoms with Gasteiger partial charge in [0, 0.05) is 18.2 Å². The standard InChI is InChI=1S/C13H20F2N2O/c1-13(2,16)8-17-5-4-9-6-11(15)12(18-3)7-10(9)14/h6-7,17H,4-5,8,16H2,1-3H3. The zero-order valence-electron chi connectivity index (χ0n) is 11.0. The van der Waals surface area contributed by atoms with E-state index in [9.17, 15) is 8.78 Å². The fraction of sp³-hybridized carbons (Fsp3) is 0.538. The van der Waals surface area contributed by atoms with Crippen LogP contribution in [-0.4, -0.2) is 25.7 Å². The number of nitrogens with two attached hydrogens (primary N) is 1. The molecule has 5 heteroatoms. The highest BCUT2D eigenvalue weighted by Gasteiger charge is 2.12. The summed E-state index contributed by atoms with van der Waals surface area (Å²) >= 11 is 0. The van der Waals surface area contributed by atoms with E-state index in [1.165, 1.54) is 13.2 Å². The Hall–Kier alpha value is -1.20. The van der Waals surface area contributed by atoms with E-state index in [2.05, 4.69) is 5.32 Å². The van der Waals surface area contributed by atoms with E-state index in [1.807, 2.05) is 13.8 Å². The topological polar surface area (TPSA) is 47.3 Å². The zero-order valence-corrected chi connectivity index (χ0v) is 11.0. The van der Waals surface area contributed by atoms with Gasteiger partial charge in [-0.3, -0.25) is 0 Å². The van der Waals surface area contributed by atoms with Gasteiger partial charge in [0.2, 0.25) is 0 Å². The third-order valence-electron chi connectivity index (χ3n) is 2.47. The molecule has 0 heterocycles. The van der Waals surface area contributed by atoms with Gasteiger partial charge in [-0.2, -0.15) is 0 Å². The Labute approximate surface area is 106 Å². The highest BCUT2D eigenvalue weighted by Crippen LogP contribution is 2.21. The van der Waals surface area contributed by atoms with Gasteiger partial charge in [0.05, 0.1) is 7.11 Å². The molecule has 0 aliphatic heterocycles. The number of ether oxygens (including phenoxy) is 1. The van der Waals surface area contributed by atoms with Gasteiger partial charge in [0.25, 0.3) is 0 Å². The zero-order chi connectivity index (χ0) is 13.8. The summed E-state index contributed by atoms with van der Waals surface area (Å²) in [6, 6.07) is 2.24. The Morgan fingerprint density at radius 2 is 1.94 bits per heavy atom. The van der Waals surface area contributed by atoms with Crippen LogP contribution in [0.4, 0.5) is 8.78 Å². The van der Waals surface area contributed by atoms with Crippen molar-refractivity contribution >= 4 is 0 Å². The summed E-state index contributed by atoms with van der Waals surface area (Å²) in [5.41, 5.74) is 5.81. The Morgan fingerprint density at radius 3 is 2.50 bits per heavy atom. The van der Waals surface area contributed by atoms with Gasteiger partial charge in [-0.1, -0.05) is 0 Å². The minimum atomic E-state index is -0.548. The van der Waals surface area contributed by atoms with Gasteiger partial charge >= 0.3 is 0 Å². The molecule has 0 atom stereocenters. The molecule has 0 aliphatic rings. The van der Waals surface area contributed by atoms with Crippen molar-refractivity contribution in [2.45, 2.75) is 25.8 Å². The molecule has 1 aromatic rings. The molecular weight excluding hydrogens is 238 g/mol. The molecule has 102 valence electrons. The van der Waals surface area contributed by atoms with Crippen LogP contribution in [0.25, 0.3) is 0 Å². The Kier molecular flexibility index (Phi) is 5.04. The van der Waals surface area contributed by atoms with Gasteiger partial charge in [0.1, 0.15) is 5.82 Å². The lowest BCUT2D eigenvalue weighted by atomic mass is 10.1. The third-order valence-corrected chi connectivity index (χ3v) is 2.47. The van der Waals surface area contributed by atoms with E-state index in [1.54, 1.807) is 0 Å². The summed E-state index contributed by atoms with van der Waals surface area (Å²) in [5.74, 6) is -1.08. The number of halogens is 2. The fourth-order valence-corrected chi connectivity index (χ4v) is 1.55. The monoisotopic (exact) mass is 258 g/mol. The summed E-state index contributed by atoms with van der Waals surface area (Å²) in [5, 5.41) is 3.10. The summed E-state index contributed by atoms with van der Waals surface area (Å²) in [6.07, 6.45) is 0.406. The average molecular weight is 258 g/mol. The van der Waals surface area contributed by atoms with E-state index in [0.717, 1.165) is 6.07 Å². The maximum Gasteiger partial charge on any atom is 0.165 e. The van der Waals surface area contributed by atoms with Crippen LogP contribution in [0, 0.1) is 11.6 Å². The number of hydrogen-bond donors (Lipinski definition) is 2. The first-order valence-electron chi connectivity index (χ1n) is 5.85. The van der Waals surface area contributed by atoms with Gasteiger partial charge in [0.15, 0.2) is 11.6 Å². The fourth-order valence-electron chi connectivity index (χ4n) is 1.55. The molecule has 0 aliphatic carbocycles. The molecule has 0 aromatic heterocycles. The van der Waals surface area contributed by atoms with Gasteiger partial charge in [-0.05, 0) is 38.4 Å². The average Bonchev–Trinajstić information content (AvgIpc) is 2.27. The molecule has 0 bridgehead atoms. The number of methoxy groups -OCH3 is 1. The van der Waals surface area contributed by atoms with Crippen molar-refractivity contribution in [1.29, 1.82) is 0 Å². The van der Waals surface area contributed by atoms with Crippen LogP contribution >= 0.6 is 0 Å². The van der Waals surface area contributed by atoms with E-state index in [0.29, 0.717) is 25.1 Å². The predicted molar refractivity (Wildman–Crippen MR) is 67.8 cm³/mol. The number of hydrogen-bond acceptors (Lipinski definition) is 3. The van der Waals surface area contributed by atoms with Crippen LogP contribution in [0.2, 0.25) is 0 Å². The molecule has 0 amide bonds. The summed E-state index contributed by atoms with van der Waals surface area (Å²) in [4.78, 5) is 0. The van der Waals surface area contributed by atoms with Crippen molar-refractivity contribution in [3.8, 4) is 5.75 Å². The largest absolute Gasteiger partial charge is 0.494 e. The first kappa shape index (κ1) is 14.9. The van der Waals surface area contributed by atoms with Crippen LogP contribution in [-0.2, 0) is 6.42 Å². The molecule has 1 aromatic carbocycles. The lowest BCUT2D eigenvalue weighted by Gasteiger charge is -2.19. The lowest BCUT2D eigenvalue weighted by molar-refractivity contribution is 0.381. The highest BCUT2D eigenvalue weighted by molar-refractivity contribution is 5.31. The Balaban J connectivity index is 2.55. The third kappa shape index (κ3) is 4.58. The van der Waals surface area contributed by atoms with Gasteiger partial charge in [-0.15, -0.1) is 0 Å². The molecule has 0 fully saturated rings. The molecule has 0 unspecified atom stereocenters. The molecule has 18 heavy (non-hydrogen) atoms. The Morgan fingerprint density at radius 1 is 1.28 bits per heavy atom. The summed E-state index contributed by atoms with van der Waals surface area (Å²) < 4.78 is 31.7. The molecular formula is C13H20F2N2O. The van der Waals surface area contributed by atoms with Crippen LogP contribution in [0.5, 0.6) is 5.75 Å². The molecule has 3 N–H and O–H groups in total. The van der Waals surface area contributed by atoms with Crippen molar-refractivity contribution in [3.05, 3.63) is 29.3 Å². The first-order chi connectivity index (χ1) is 8.33. The van der Waals surface area contributed by atoms with E-state index < -0.39 is 11.6 Å². The number of benzene rings is 1. The molecule has 0 saturated heterocycles. The van der Waals surface area contributed by atoms with Crippen molar-refractivity contribution < 1.29 is 13.5 Å². The van der Waals surface area contributed by atoms with Crippen molar-refractivity contribution in [2.75, 3.05) is 20.2 Å². The van der Waals surface area contributed by atoms with Crippen LogP contribution < -0.4 is 15.8 Å². The second-order valence-corrected chi connectivity index (χ2v) is 4.99. The van der Waals surface area contributed by atoms with Gasteiger partial charge < -0.3 is 15.8 Å². The molecule has 1 rings (SSSR count). The number of nitrogens with one attached hydrogen (secondary N) is 1. The van der Waals surface area contributed by atoms with E-state index in [4.69, 9.17) is 10.5 Å². The molecule has 0 spiro atoms. The van der Waals surface area contributed by atoms with E-state index >= 15 is 0 Å². The summed E-state index contributed by atoms with van der Waals surface area (Å²) in [6.45, 7) is 4.96. The van der Waals surface area contributed by atoms with Crippen LogP contribution in [0.3, 0.4) is 0 Å². The maximum absolute atomic E-state index is 13.6. The minimum Gasteiger partial charge on any atom is -0.494 e. The van der Waals surface area contributed by atoms with Crippen LogP contribution in [0.1, 0.15) is 19.4 Å². The predicted octanol–water partition coefficient (Wildman–Crippen LogP) is 1.84. The maximum atomic E-state index is 13.6. The highest BCUT2D eigenvalue weighted by atomic mass is 19.1. The smallest absolute Gasteiger partial charge is 0.165 e. The van der Waals surface area contributed by atoms with Crippen molar-refractivity contribution in [3.63, 3.8) is 0 Å². The van der Waals surface area contributed by atoms with Gasteiger partial charge in [-0.25, -0.2) is 8.78 Å². The molecule has 0 radical (unpaired) electrons. The first-order valence-corrected chi connectivity index (χ1v) is 5.85. The molecule has 3 nitrogen and oxygen atoms in total. The number of rotatable bonds is 6. The quantitative estimate of drug-likeness (QED) is 0.765. The second-order valence-electron chi connectivity index (χ2n) is 4.99. The SMILES string of the molecule is COc1cc(F)c(CCNCC(C)(C)N)cc1F. The Bertz CT molecular complexity index is 403. The van der Waals surface area contributed by atoms with Crippen molar-refractivity contribution in [2.24, 2.45) is 5.73 Å². The molecule has 0 saturated carbocycles. The van der Waals surface area contributed by atoms with Crippen molar-refractivity contribution in [1.82, 2.24) is 5.32 Å². The minimum absolute atomic E-state index is 0.0766. The lowest BCUT2D eigenvalue weighted by Crippen LogP contribution is -2.43.